The summed E-state index contributed by atoms with van der Waals surface area (Å²) in [7, 11) is 4.32. The van der Waals surface area contributed by atoms with Crippen molar-refractivity contribution in [3.63, 3.8) is 0 Å². The Labute approximate surface area is 94.9 Å². The summed E-state index contributed by atoms with van der Waals surface area (Å²) in [6, 6.07) is 2.06. The molecular formula is C12H16N4. The minimum atomic E-state index is 0.363. The van der Waals surface area contributed by atoms with Crippen LogP contribution in [0.4, 0.5) is 0 Å². The van der Waals surface area contributed by atoms with E-state index in [0.29, 0.717) is 5.54 Å². The number of hydrogen-bond acceptors (Lipinski definition) is 3. The van der Waals surface area contributed by atoms with Gasteiger partial charge in [0, 0.05) is 18.3 Å². The first-order chi connectivity index (χ1) is 7.71. The lowest BCUT2D eigenvalue weighted by Crippen LogP contribution is -2.34. The molecule has 84 valence electrons. The Kier molecular flexibility index (Phi) is 2.01. The van der Waals surface area contributed by atoms with Crippen molar-refractivity contribution in [1.29, 1.82) is 0 Å². The highest BCUT2D eigenvalue weighted by atomic mass is 15.2. The summed E-state index contributed by atoms with van der Waals surface area (Å²) in [5, 5.41) is 0. The van der Waals surface area contributed by atoms with Gasteiger partial charge in [0.2, 0.25) is 0 Å². The topological polar surface area (TPSA) is 34.0 Å². The third kappa shape index (κ3) is 1.41. The molecule has 1 saturated carbocycles. The molecule has 2 heterocycles. The molecule has 0 saturated heterocycles. The summed E-state index contributed by atoms with van der Waals surface area (Å²) >= 11 is 0. The van der Waals surface area contributed by atoms with Crippen molar-refractivity contribution < 1.29 is 0 Å². The minimum absolute atomic E-state index is 0.363. The van der Waals surface area contributed by atoms with Crippen LogP contribution in [0.25, 0.3) is 11.0 Å². The van der Waals surface area contributed by atoms with Crippen LogP contribution < -0.4 is 0 Å². The average molecular weight is 216 g/mol. The molecule has 0 bridgehead atoms. The molecule has 0 aromatic carbocycles. The van der Waals surface area contributed by atoms with Gasteiger partial charge in [-0.15, -0.1) is 0 Å². The molecule has 0 aliphatic heterocycles. The van der Waals surface area contributed by atoms with Gasteiger partial charge in [-0.05, 0) is 33.0 Å². The van der Waals surface area contributed by atoms with E-state index in [1.54, 1.807) is 6.33 Å². The van der Waals surface area contributed by atoms with Gasteiger partial charge < -0.3 is 9.47 Å². The van der Waals surface area contributed by atoms with Crippen LogP contribution in [-0.4, -0.2) is 39.1 Å². The maximum absolute atomic E-state index is 4.25. The van der Waals surface area contributed by atoms with Crippen LogP contribution in [0.5, 0.6) is 0 Å². The summed E-state index contributed by atoms with van der Waals surface area (Å²) in [6.07, 6.45) is 8.18. The van der Waals surface area contributed by atoms with E-state index in [2.05, 4.69) is 45.8 Å². The fourth-order valence-corrected chi connectivity index (χ4v) is 2.27. The van der Waals surface area contributed by atoms with E-state index < -0.39 is 0 Å². The van der Waals surface area contributed by atoms with E-state index in [9.17, 15) is 0 Å². The molecule has 1 fully saturated rings. The van der Waals surface area contributed by atoms with Crippen molar-refractivity contribution in [3.05, 3.63) is 24.8 Å². The lowest BCUT2D eigenvalue weighted by Gasteiger charge is -2.24. The zero-order valence-corrected chi connectivity index (χ0v) is 9.72. The Hall–Kier alpha value is -1.42. The molecule has 4 heteroatoms. The molecule has 4 nitrogen and oxygen atoms in total. The summed E-state index contributed by atoms with van der Waals surface area (Å²) in [5.41, 5.74) is 2.53. The highest BCUT2D eigenvalue weighted by Gasteiger charge is 2.45. The quantitative estimate of drug-likeness (QED) is 0.780. The molecule has 1 aliphatic rings. The second kappa shape index (κ2) is 3.28. The van der Waals surface area contributed by atoms with Crippen molar-refractivity contribution in [2.75, 3.05) is 14.1 Å². The van der Waals surface area contributed by atoms with Gasteiger partial charge in [-0.2, -0.15) is 0 Å². The zero-order chi connectivity index (χ0) is 11.2. The van der Waals surface area contributed by atoms with Crippen LogP contribution in [-0.2, 0) is 6.54 Å². The molecule has 0 unspecified atom stereocenters. The van der Waals surface area contributed by atoms with E-state index >= 15 is 0 Å². The Morgan fingerprint density at radius 1 is 1.44 bits per heavy atom. The normalized spacial score (nSPS) is 18.2. The molecular weight excluding hydrogens is 200 g/mol. The Morgan fingerprint density at radius 2 is 2.25 bits per heavy atom. The van der Waals surface area contributed by atoms with Gasteiger partial charge in [0.15, 0.2) is 0 Å². The first-order valence-corrected chi connectivity index (χ1v) is 5.64. The van der Waals surface area contributed by atoms with Crippen LogP contribution in [0.1, 0.15) is 12.8 Å². The van der Waals surface area contributed by atoms with Crippen molar-refractivity contribution in [1.82, 2.24) is 19.4 Å². The van der Waals surface area contributed by atoms with E-state index in [-0.39, 0.29) is 0 Å². The van der Waals surface area contributed by atoms with Crippen LogP contribution >= 0.6 is 0 Å². The number of aromatic nitrogens is 3. The number of nitrogens with zero attached hydrogens (tertiary/aromatic N) is 4. The largest absolute Gasteiger partial charge is 0.343 e. The highest BCUT2D eigenvalue weighted by molar-refractivity contribution is 5.74. The molecule has 0 spiro atoms. The molecule has 0 radical (unpaired) electrons. The van der Waals surface area contributed by atoms with Gasteiger partial charge in [-0.1, -0.05) is 0 Å². The van der Waals surface area contributed by atoms with Crippen LogP contribution in [0.15, 0.2) is 24.8 Å². The third-order valence-electron chi connectivity index (χ3n) is 3.69. The molecule has 2 aromatic rings. The SMILES string of the molecule is CN(C)C1(Cn2ccc3ncncc32)CC1. The molecule has 16 heavy (non-hydrogen) atoms. The molecule has 2 aromatic heterocycles. The van der Waals surface area contributed by atoms with Crippen molar-refractivity contribution in [3.8, 4) is 0 Å². The van der Waals surface area contributed by atoms with Crippen LogP contribution in [0.3, 0.4) is 0 Å². The molecule has 0 N–H and O–H groups in total. The van der Waals surface area contributed by atoms with Gasteiger partial charge in [-0.25, -0.2) is 9.97 Å². The number of likely N-dealkylation sites (N-methyl/N-ethyl adjacent to an activating group) is 1. The van der Waals surface area contributed by atoms with E-state index in [1.165, 1.54) is 12.8 Å². The Bertz CT molecular complexity index is 510. The first kappa shape index (κ1) is 9.78. The van der Waals surface area contributed by atoms with Crippen molar-refractivity contribution >= 4 is 11.0 Å². The standard InChI is InChI=1S/C12H16N4/c1-15(2)12(4-5-12)8-16-6-3-10-11(16)7-13-9-14-10/h3,6-7,9H,4-5,8H2,1-2H3. The molecule has 3 rings (SSSR count). The third-order valence-corrected chi connectivity index (χ3v) is 3.69. The smallest absolute Gasteiger partial charge is 0.116 e. The zero-order valence-electron chi connectivity index (χ0n) is 9.72. The van der Waals surface area contributed by atoms with E-state index in [4.69, 9.17) is 0 Å². The summed E-state index contributed by atoms with van der Waals surface area (Å²) in [5.74, 6) is 0. The minimum Gasteiger partial charge on any atom is -0.343 e. The van der Waals surface area contributed by atoms with Gasteiger partial charge in [0.05, 0.1) is 17.2 Å². The van der Waals surface area contributed by atoms with Gasteiger partial charge in [-0.3, -0.25) is 0 Å². The molecule has 1 aliphatic carbocycles. The predicted octanol–water partition coefficient (Wildman–Crippen LogP) is 1.53. The maximum Gasteiger partial charge on any atom is 0.116 e. The first-order valence-electron chi connectivity index (χ1n) is 5.64. The fourth-order valence-electron chi connectivity index (χ4n) is 2.27. The number of rotatable bonds is 3. The van der Waals surface area contributed by atoms with Gasteiger partial charge in [0.25, 0.3) is 0 Å². The number of hydrogen-bond donors (Lipinski definition) is 0. The van der Waals surface area contributed by atoms with Crippen molar-refractivity contribution in [2.45, 2.75) is 24.9 Å². The number of fused-ring (bicyclic) bond motifs is 1. The van der Waals surface area contributed by atoms with Crippen molar-refractivity contribution in [2.24, 2.45) is 0 Å². The second-order valence-corrected chi connectivity index (χ2v) is 4.86. The van der Waals surface area contributed by atoms with Gasteiger partial charge in [0.1, 0.15) is 6.33 Å². The van der Waals surface area contributed by atoms with E-state index in [0.717, 1.165) is 17.6 Å². The Balaban J connectivity index is 1.95. The van der Waals surface area contributed by atoms with Gasteiger partial charge >= 0.3 is 0 Å². The maximum atomic E-state index is 4.25. The molecule has 0 amide bonds. The average Bonchev–Trinajstić information content (AvgIpc) is 2.96. The molecule has 0 atom stereocenters. The van der Waals surface area contributed by atoms with Crippen LogP contribution in [0.2, 0.25) is 0 Å². The summed E-state index contributed by atoms with van der Waals surface area (Å²) in [4.78, 5) is 10.7. The predicted molar refractivity (Wildman–Crippen MR) is 63.2 cm³/mol. The van der Waals surface area contributed by atoms with E-state index in [1.807, 2.05) is 6.20 Å². The monoisotopic (exact) mass is 216 g/mol. The fraction of sp³-hybridized carbons (Fsp3) is 0.500. The summed E-state index contributed by atoms with van der Waals surface area (Å²) < 4.78 is 2.27. The van der Waals surface area contributed by atoms with Crippen LogP contribution in [0, 0.1) is 0 Å². The lowest BCUT2D eigenvalue weighted by molar-refractivity contribution is 0.244. The highest BCUT2D eigenvalue weighted by Crippen LogP contribution is 2.42. The second-order valence-electron chi connectivity index (χ2n) is 4.86. The lowest BCUT2D eigenvalue weighted by atomic mass is 10.2. The summed E-state index contributed by atoms with van der Waals surface area (Å²) in [6.45, 7) is 1.04. The Morgan fingerprint density at radius 3 is 2.94 bits per heavy atom.